The Labute approximate surface area is 131 Å². The zero-order valence-corrected chi connectivity index (χ0v) is 12.3. The Bertz CT molecular complexity index is 670. The first kappa shape index (κ1) is 15.3. The van der Waals surface area contributed by atoms with Crippen molar-refractivity contribution in [2.24, 2.45) is 0 Å². The highest BCUT2D eigenvalue weighted by Crippen LogP contribution is 2.37. The van der Waals surface area contributed by atoms with E-state index in [0.717, 1.165) is 18.9 Å². The second-order valence-electron chi connectivity index (χ2n) is 5.38. The number of rotatable bonds is 3. The van der Waals surface area contributed by atoms with E-state index in [2.05, 4.69) is 0 Å². The second-order valence-corrected chi connectivity index (χ2v) is 5.38. The largest absolute Gasteiger partial charge is 0.486 e. The van der Waals surface area contributed by atoms with E-state index in [9.17, 15) is 19.7 Å². The molecular weight excluding hydrogens is 306 g/mol. The lowest BCUT2D eigenvalue weighted by Crippen LogP contribution is -2.30. The van der Waals surface area contributed by atoms with Gasteiger partial charge in [0.2, 0.25) is 0 Å². The number of nitrogens with zero attached hydrogens (tertiary/aromatic N) is 1. The van der Waals surface area contributed by atoms with Crippen molar-refractivity contribution in [3.63, 3.8) is 0 Å². The van der Waals surface area contributed by atoms with Gasteiger partial charge in [-0.2, -0.15) is 0 Å². The van der Waals surface area contributed by atoms with Crippen molar-refractivity contribution < 1.29 is 28.7 Å². The summed E-state index contributed by atoms with van der Waals surface area (Å²) in [6, 6.07) is 2.38. The lowest BCUT2D eigenvalue weighted by atomic mass is 9.96. The molecule has 1 aliphatic heterocycles. The molecule has 0 bridgehead atoms. The molecule has 1 saturated carbocycles. The highest BCUT2D eigenvalue weighted by Gasteiger charge is 2.31. The quantitative estimate of drug-likeness (QED) is 0.476. The number of esters is 1. The Kier molecular flexibility index (Phi) is 4.14. The van der Waals surface area contributed by atoms with Gasteiger partial charge in [-0.3, -0.25) is 14.9 Å². The second kappa shape index (κ2) is 6.23. The van der Waals surface area contributed by atoms with Crippen LogP contribution in [0.4, 0.5) is 5.69 Å². The van der Waals surface area contributed by atoms with Crippen molar-refractivity contribution in [2.75, 3.05) is 13.2 Å². The summed E-state index contributed by atoms with van der Waals surface area (Å²) in [7, 11) is 0. The Morgan fingerprint density at radius 1 is 1.22 bits per heavy atom. The summed E-state index contributed by atoms with van der Waals surface area (Å²) in [5, 5.41) is 11.2. The van der Waals surface area contributed by atoms with E-state index in [-0.39, 0.29) is 29.5 Å². The van der Waals surface area contributed by atoms with Crippen LogP contribution in [0.15, 0.2) is 12.1 Å². The van der Waals surface area contributed by atoms with E-state index in [1.807, 2.05) is 0 Å². The zero-order chi connectivity index (χ0) is 16.4. The van der Waals surface area contributed by atoms with Gasteiger partial charge in [-0.05, 0) is 19.3 Å². The number of nitro benzene ring substituents is 1. The van der Waals surface area contributed by atoms with Crippen LogP contribution in [0, 0.1) is 10.1 Å². The summed E-state index contributed by atoms with van der Waals surface area (Å²) in [4.78, 5) is 34.6. The normalized spacial score (nSPS) is 20.0. The smallest absolute Gasteiger partial charge is 0.346 e. The molecule has 1 aromatic rings. The average Bonchev–Trinajstić information content (AvgIpc) is 2.55. The molecule has 1 aromatic carbocycles. The first-order chi connectivity index (χ1) is 11.1. The van der Waals surface area contributed by atoms with Gasteiger partial charge >= 0.3 is 5.97 Å². The summed E-state index contributed by atoms with van der Waals surface area (Å²) in [6.07, 6.45) is 1.54. The number of carbonyl (C=O) groups is 2. The lowest BCUT2D eigenvalue weighted by molar-refractivity contribution is -0.385. The van der Waals surface area contributed by atoms with Crippen LogP contribution in [0.2, 0.25) is 0 Å². The number of ketones is 1. The number of nitro groups is 1. The van der Waals surface area contributed by atoms with E-state index in [4.69, 9.17) is 14.2 Å². The number of benzene rings is 1. The maximum absolute atomic E-state index is 12.3. The van der Waals surface area contributed by atoms with Gasteiger partial charge in [-0.25, -0.2) is 4.79 Å². The predicted octanol–water partition coefficient (Wildman–Crippen LogP) is 2.03. The maximum atomic E-state index is 12.3. The molecule has 0 spiro atoms. The number of ether oxygens (including phenoxy) is 3. The molecule has 0 unspecified atom stereocenters. The highest BCUT2D eigenvalue weighted by atomic mass is 16.6. The van der Waals surface area contributed by atoms with Crippen molar-refractivity contribution in [1.82, 2.24) is 0 Å². The molecular formula is C15H15NO7. The molecule has 2 aliphatic rings. The molecule has 0 aromatic heterocycles. The van der Waals surface area contributed by atoms with Gasteiger partial charge in [0.05, 0.1) is 11.0 Å². The lowest BCUT2D eigenvalue weighted by Gasteiger charge is -2.21. The van der Waals surface area contributed by atoms with Crippen molar-refractivity contribution in [1.29, 1.82) is 0 Å². The highest BCUT2D eigenvalue weighted by molar-refractivity contribution is 5.97. The summed E-state index contributed by atoms with van der Waals surface area (Å²) in [6.45, 7) is 0.574. The third-order valence-electron chi connectivity index (χ3n) is 3.83. The molecule has 0 amide bonds. The number of fused-ring (bicyclic) bond motifs is 1. The van der Waals surface area contributed by atoms with Crippen molar-refractivity contribution in [3.8, 4) is 11.5 Å². The molecule has 0 saturated heterocycles. The molecule has 3 rings (SSSR count). The molecule has 8 nitrogen and oxygen atoms in total. The van der Waals surface area contributed by atoms with Crippen LogP contribution in [-0.2, 0) is 9.53 Å². The van der Waals surface area contributed by atoms with Gasteiger partial charge in [0, 0.05) is 12.5 Å². The van der Waals surface area contributed by atoms with E-state index in [0.29, 0.717) is 19.4 Å². The average molecular weight is 321 g/mol. The number of carbonyl (C=O) groups excluding carboxylic acids is 2. The minimum atomic E-state index is -0.895. The van der Waals surface area contributed by atoms with Gasteiger partial charge in [0.15, 0.2) is 23.4 Å². The Morgan fingerprint density at radius 2 is 1.91 bits per heavy atom. The minimum absolute atomic E-state index is 0.148. The van der Waals surface area contributed by atoms with Crippen LogP contribution in [0.1, 0.15) is 36.0 Å². The van der Waals surface area contributed by atoms with Gasteiger partial charge in [-0.15, -0.1) is 0 Å². The van der Waals surface area contributed by atoms with E-state index < -0.39 is 22.7 Å². The third kappa shape index (κ3) is 3.10. The van der Waals surface area contributed by atoms with Crippen LogP contribution < -0.4 is 9.47 Å². The summed E-state index contributed by atoms with van der Waals surface area (Å²) in [5.41, 5.74) is -0.667. The Hall–Kier alpha value is -2.64. The molecule has 1 fully saturated rings. The summed E-state index contributed by atoms with van der Waals surface area (Å²) < 4.78 is 15.8. The number of Topliss-reactive ketones (excluding diaryl/α,β-unsaturated/α-hetero) is 1. The third-order valence-corrected chi connectivity index (χ3v) is 3.83. The van der Waals surface area contributed by atoms with Crippen LogP contribution in [0.25, 0.3) is 0 Å². The van der Waals surface area contributed by atoms with Crippen molar-refractivity contribution in [3.05, 3.63) is 27.8 Å². The van der Waals surface area contributed by atoms with Crippen LogP contribution in [-0.4, -0.2) is 36.0 Å². The zero-order valence-electron chi connectivity index (χ0n) is 12.3. The molecule has 23 heavy (non-hydrogen) atoms. The van der Waals surface area contributed by atoms with Gasteiger partial charge in [0.25, 0.3) is 5.69 Å². The molecule has 1 aliphatic carbocycles. The molecule has 0 radical (unpaired) electrons. The van der Waals surface area contributed by atoms with Crippen LogP contribution in [0.5, 0.6) is 11.5 Å². The molecule has 0 N–H and O–H groups in total. The van der Waals surface area contributed by atoms with E-state index in [1.165, 1.54) is 6.07 Å². The fraction of sp³-hybridized carbons (Fsp3) is 0.467. The Balaban J connectivity index is 1.89. The molecule has 1 atom stereocenters. The maximum Gasteiger partial charge on any atom is 0.346 e. The molecule has 122 valence electrons. The standard InChI is InChI=1S/C15H15NO7/c17-11-3-1-2-4-12(11)23-15(18)9-7-13-14(22-6-5-21-13)8-10(9)16(19)20/h7-8,12H,1-6H2/t12-/m0/s1. The van der Waals surface area contributed by atoms with E-state index in [1.54, 1.807) is 0 Å². The van der Waals surface area contributed by atoms with Gasteiger partial charge < -0.3 is 14.2 Å². The van der Waals surface area contributed by atoms with E-state index >= 15 is 0 Å². The summed E-state index contributed by atoms with van der Waals surface area (Å²) >= 11 is 0. The monoisotopic (exact) mass is 321 g/mol. The Morgan fingerprint density at radius 3 is 2.57 bits per heavy atom. The van der Waals surface area contributed by atoms with Gasteiger partial charge in [-0.1, -0.05) is 0 Å². The van der Waals surface area contributed by atoms with Gasteiger partial charge in [0.1, 0.15) is 18.8 Å². The summed E-state index contributed by atoms with van der Waals surface area (Å²) in [5.74, 6) is -0.573. The van der Waals surface area contributed by atoms with Crippen LogP contribution in [0.3, 0.4) is 0 Å². The first-order valence-electron chi connectivity index (χ1n) is 7.38. The SMILES string of the molecule is O=C(O[C@H]1CCCCC1=O)c1cc2c(cc1[N+](=O)[O-])OCCO2. The number of hydrogen-bond donors (Lipinski definition) is 0. The fourth-order valence-corrected chi connectivity index (χ4v) is 2.66. The fourth-order valence-electron chi connectivity index (χ4n) is 2.66. The van der Waals surface area contributed by atoms with Crippen molar-refractivity contribution >= 4 is 17.4 Å². The van der Waals surface area contributed by atoms with Crippen LogP contribution >= 0.6 is 0 Å². The van der Waals surface area contributed by atoms with Crippen molar-refractivity contribution in [2.45, 2.75) is 31.8 Å². The molecule has 1 heterocycles. The molecule has 8 heteroatoms. The number of hydrogen-bond acceptors (Lipinski definition) is 7. The minimum Gasteiger partial charge on any atom is -0.486 e. The predicted molar refractivity (Wildman–Crippen MR) is 76.8 cm³/mol. The topological polar surface area (TPSA) is 105 Å². The first-order valence-corrected chi connectivity index (χ1v) is 7.38.